The zero-order valence-corrected chi connectivity index (χ0v) is 12.4. The van der Waals surface area contributed by atoms with Crippen molar-refractivity contribution in [3.05, 3.63) is 28.4 Å². The van der Waals surface area contributed by atoms with Gasteiger partial charge in [-0.2, -0.15) is 0 Å². The Hall–Kier alpha value is -1.40. The number of rotatable bonds is 1. The third-order valence-corrected chi connectivity index (χ3v) is 4.65. The number of aromatic nitrogens is 1. The van der Waals surface area contributed by atoms with E-state index in [0.717, 1.165) is 30.9 Å². The average molecular weight is 293 g/mol. The maximum absolute atomic E-state index is 12.4. The van der Waals surface area contributed by atoms with Gasteiger partial charge in [-0.1, -0.05) is 0 Å². The lowest BCUT2D eigenvalue weighted by atomic mass is 9.93. The number of ether oxygens (including phenoxy) is 1. The van der Waals surface area contributed by atoms with Crippen LogP contribution < -0.4 is 5.32 Å². The zero-order valence-electron chi connectivity index (χ0n) is 11.6. The van der Waals surface area contributed by atoms with E-state index >= 15 is 0 Å². The maximum Gasteiger partial charge on any atom is 0.273 e. The Morgan fingerprint density at radius 2 is 2.40 bits per heavy atom. The number of carbonyl (C=O) groups excluding carboxylic acids is 1. The van der Waals surface area contributed by atoms with E-state index in [0.29, 0.717) is 18.8 Å². The highest BCUT2D eigenvalue weighted by Gasteiger charge is 2.34. The number of aryl methyl sites for hydroxylation is 1. The molecule has 5 nitrogen and oxygen atoms in total. The molecule has 1 unspecified atom stereocenters. The van der Waals surface area contributed by atoms with Crippen molar-refractivity contribution in [3.63, 3.8) is 0 Å². The molecule has 0 bridgehead atoms. The molecule has 1 fully saturated rings. The first kappa shape index (κ1) is 13.6. The van der Waals surface area contributed by atoms with Gasteiger partial charge in [-0.05, 0) is 32.0 Å². The molecule has 1 N–H and O–H groups in total. The van der Waals surface area contributed by atoms with Gasteiger partial charge in [-0.25, -0.2) is 4.98 Å². The summed E-state index contributed by atoms with van der Waals surface area (Å²) in [4.78, 5) is 18.6. The van der Waals surface area contributed by atoms with E-state index in [1.165, 1.54) is 11.3 Å². The molecule has 108 valence electrons. The third-order valence-electron chi connectivity index (χ3n) is 3.88. The maximum atomic E-state index is 12.4. The van der Waals surface area contributed by atoms with Crippen molar-refractivity contribution >= 4 is 17.2 Å². The summed E-state index contributed by atoms with van der Waals surface area (Å²) in [6.45, 7) is 4.79. The van der Waals surface area contributed by atoms with Gasteiger partial charge >= 0.3 is 0 Å². The second-order valence-electron chi connectivity index (χ2n) is 5.24. The van der Waals surface area contributed by atoms with E-state index < -0.39 is 0 Å². The fourth-order valence-electron chi connectivity index (χ4n) is 2.68. The lowest BCUT2D eigenvalue weighted by Gasteiger charge is -2.32. The van der Waals surface area contributed by atoms with Crippen LogP contribution in [0.2, 0.25) is 0 Å². The number of thiazole rings is 1. The van der Waals surface area contributed by atoms with Gasteiger partial charge < -0.3 is 15.0 Å². The summed E-state index contributed by atoms with van der Waals surface area (Å²) in [5.41, 5.74) is 0.363. The Morgan fingerprint density at radius 3 is 3.10 bits per heavy atom. The summed E-state index contributed by atoms with van der Waals surface area (Å²) < 4.78 is 6.01. The quantitative estimate of drug-likeness (QED) is 0.854. The Kier molecular flexibility index (Phi) is 3.76. The van der Waals surface area contributed by atoms with Crippen molar-refractivity contribution in [3.8, 4) is 0 Å². The number of hydrogen-bond donors (Lipinski definition) is 1. The Labute approximate surface area is 122 Å². The minimum Gasteiger partial charge on any atom is -0.391 e. The highest BCUT2D eigenvalue weighted by molar-refractivity contribution is 7.09. The molecule has 1 spiro atoms. The van der Waals surface area contributed by atoms with Gasteiger partial charge in [0.05, 0.1) is 17.2 Å². The van der Waals surface area contributed by atoms with Crippen LogP contribution in [-0.4, -0.2) is 47.6 Å². The minimum absolute atomic E-state index is 0.0212. The first-order chi connectivity index (χ1) is 9.69. The minimum atomic E-state index is -0.196. The van der Waals surface area contributed by atoms with Gasteiger partial charge in [0.15, 0.2) is 0 Å². The van der Waals surface area contributed by atoms with Gasteiger partial charge in [0.1, 0.15) is 5.69 Å². The van der Waals surface area contributed by atoms with Crippen molar-refractivity contribution in [2.45, 2.75) is 25.4 Å². The second-order valence-corrected chi connectivity index (χ2v) is 6.31. The van der Waals surface area contributed by atoms with Crippen LogP contribution in [0.25, 0.3) is 0 Å². The van der Waals surface area contributed by atoms with E-state index in [2.05, 4.69) is 16.4 Å². The molecule has 0 aromatic carbocycles. The molecule has 0 radical (unpaired) electrons. The lowest BCUT2D eigenvalue weighted by Crippen LogP contribution is -2.38. The normalized spacial score (nSPS) is 26.4. The Bertz CT molecular complexity index is 528. The molecule has 1 atom stereocenters. The summed E-state index contributed by atoms with van der Waals surface area (Å²) in [5.74, 6) is 0.0212. The standard InChI is InChI=1S/C14H19N3O2S/c1-11-16-12(10-20-11)13(18)17-7-4-14(19-9-8-17)2-5-15-6-3-14/h2,5,10,15H,3-4,6-9H2,1H3. The van der Waals surface area contributed by atoms with E-state index in [9.17, 15) is 4.79 Å². The van der Waals surface area contributed by atoms with Crippen LogP contribution in [0.4, 0.5) is 0 Å². The highest BCUT2D eigenvalue weighted by atomic mass is 32.1. The van der Waals surface area contributed by atoms with Crippen LogP contribution in [-0.2, 0) is 4.74 Å². The van der Waals surface area contributed by atoms with E-state index in [-0.39, 0.29) is 11.5 Å². The monoisotopic (exact) mass is 293 g/mol. The molecule has 0 aliphatic carbocycles. The first-order valence-electron chi connectivity index (χ1n) is 6.95. The molecule has 2 aliphatic rings. The fourth-order valence-corrected chi connectivity index (χ4v) is 3.27. The number of nitrogens with one attached hydrogen (secondary N) is 1. The Balaban J connectivity index is 1.69. The average Bonchev–Trinajstić information content (AvgIpc) is 2.79. The largest absolute Gasteiger partial charge is 0.391 e. The molecule has 1 saturated heterocycles. The summed E-state index contributed by atoms with van der Waals surface area (Å²) in [5, 5.41) is 5.95. The molecule has 6 heteroatoms. The molecule has 2 aliphatic heterocycles. The number of amides is 1. The van der Waals surface area contributed by atoms with Crippen LogP contribution in [0.5, 0.6) is 0 Å². The molecule has 20 heavy (non-hydrogen) atoms. The van der Waals surface area contributed by atoms with Crippen LogP contribution in [0.1, 0.15) is 28.3 Å². The van der Waals surface area contributed by atoms with Gasteiger partial charge in [0.2, 0.25) is 0 Å². The Morgan fingerprint density at radius 1 is 1.50 bits per heavy atom. The summed E-state index contributed by atoms with van der Waals surface area (Å²) in [7, 11) is 0. The predicted octanol–water partition coefficient (Wildman–Crippen LogP) is 1.56. The van der Waals surface area contributed by atoms with Gasteiger partial charge in [-0.15, -0.1) is 11.3 Å². The van der Waals surface area contributed by atoms with Crippen molar-refractivity contribution in [2.24, 2.45) is 0 Å². The lowest BCUT2D eigenvalue weighted by molar-refractivity contribution is -0.00864. The number of hydrogen-bond acceptors (Lipinski definition) is 5. The van der Waals surface area contributed by atoms with Crippen LogP contribution in [0, 0.1) is 6.92 Å². The smallest absolute Gasteiger partial charge is 0.273 e. The van der Waals surface area contributed by atoms with E-state index in [1.54, 1.807) is 0 Å². The van der Waals surface area contributed by atoms with Gasteiger partial charge in [-0.3, -0.25) is 4.79 Å². The number of nitrogens with zero attached hydrogens (tertiary/aromatic N) is 2. The summed E-state index contributed by atoms with van der Waals surface area (Å²) in [6.07, 6.45) is 5.86. The SMILES string of the molecule is Cc1nc(C(=O)N2CCOC3(C=CNCC3)CC2)cs1. The van der Waals surface area contributed by atoms with E-state index in [1.807, 2.05) is 23.4 Å². The fraction of sp³-hybridized carbons (Fsp3) is 0.571. The number of carbonyl (C=O) groups is 1. The molecule has 1 amide bonds. The van der Waals surface area contributed by atoms with Crippen LogP contribution in [0.3, 0.4) is 0 Å². The highest BCUT2D eigenvalue weighted by Crippen LogP contribution is 2.27. The summed E-state index contributed by atoms with van der Waals surface area (Å²) >= 11 is 1.51. The zero-order chi connectivity index (χ0) is 14.0. The van der Waals surface area contributed by atoms with Crippen molar-refractivity contribution in [1.82, 2.24) is 15.2 Å². The van der Waals surface area contributed by atoms with E-state index in [4.69, 9.17) is 4.74 Å². The first-order valence-corrected chi connectivity index (χ1v) is 7.83. The molecular weight excluding hydrogens is 274 g/mol. The van der Waals surface area contributed by atoms with Crippen LogP contribution >= 0.6 is 11.3 Å². The topological polar surface area (TPSA) is 54.5 Å². The van der Waals surface area contributed by atoms with Crippen molar-refractivity contribution in [2.75, 3.05) is 26.2 Å². The van der Waals surface area contributed by atoms with Crippen LogP contribution in [0.15, 0.2) is 17.7 Å². The molecule has 1 aromatic rings. The van der Waals surface area contributed by atoms with Gasteiger partial charge in [0, 0.05) is 25.0 Å². The molecule has 0 saturated carbocycles. The second kappa shape index (κ2) is 5.54. The molecule has 3 heterocycles. The van der Waals surface area contributed by atoms with Crippen molar-refractivity contribution < 1.29 is 9.53 Å². The third kappa shape index (κ3) is 2.71. The van der Waals surface area contributed by atoms with Crippen molar-refractivity contribution in [1.29, 1.82) is 0 Å². The molecule has 1 aromatic heterocycles. The van der Waals surface area contributed by atoms with Gasteiger partial charge in [0.25, 0.3) is 5.91 Å². The molecular formula is C14H19N3O2S. The summed E-state index contributed by atoms with van der Waals surface area (Å²) in [6, 6.07) is 0. The molecule has 3 rings (SSSR count). The predicted molar refractivity (Wildman–Crippen MR) is 77.8 cm³/mol.